The zero-order valence-electron chi connectivity index (χ0n) is 19.6. The van der Waals surface area contributed by atoms with Gasteiger partial charge in [0.1, 0.15) is 0 Å². The third-order valence-corrected chi connectivity index (χ3v) is 7.19. The van der Waals surface area contributed by atoms with Gasteiger partial charge in [-0.3, -0.25) is 19.3 Å². The van der Waals surface area contributed by atoms with Gasteiger partial charge in [0.25, 0.3) is 17.7 Å². The van der Waals surface area contributed by atoms with Gasteiger partial charge in [-0.25, -0.2) is 4.79 Å². The molecule has 2 fully saturated rings. The smallest absolute Gasteiger partial charge is 0.331 e. The van der Waals surface area contributed by atoms with Gasteiger partial charge in [-0.1, -0.05) is 23.2 Å². The van der Waals surface area contributed by atoms with E-state index in [1.807, 2.05) is 0 Å². The molecule has 37 heavy (non-hydrogen) atoms. The Kier molecular flexibility index (Phi) is 8.65. The van der Waals surface area contributed by atoms with Crippen molar-refractivity contribution in [2.75, 3.05) is 25.1 Å². The fourth-order valence-corrected chi connectivity index (χ4v) is 5.18. The Hall–Kier alpha value is -3.18. The number of nitrogens with one attached hydrogen (secondary N) is 2. The number of piperidine rings is 1. The summed E-state index contributed by atoms with van der Waals surface area (Å²) in [4.78, 5) is 55.9. The van der Waals surface area contributed by atoms with E-state index < -0.39 is 17.8 Å². The van der Waals surface area contributed by atoms with Crippen LogP contribution in [0.4, 0.5) is 5.69 Å². The van der Waals surface area contributed by atoms with Gasteiger partial charge >= 0.3 is 5.97 Å². The van der Waals surface area contributed by atoms with Crippen molar-refractivity contribution >= 4 is 69.5 Å². The molecular formula is C25H22Cl2N4O5S. The van der Waals surface area contributed by atoms with E-state index >= 15 is 0 Å². The molecule has 0 bridgehead atoms. The third-order valence-electron chi connectivity index (χ3n) is 5.68. The highest BCUT2D eigenvalue weighted by atomic mass is 35.5. The molecule has 0 radical (unpaired) electrons. The average molecular weight is 561 g/mol. The molecule has 0 saturated carbocycles. The van der Waals surface area contributed by atoms with Crippen LogP contribution in [0, 0.1) is 0 Å². The molecule has 12 heteroatoms. The first-order chi connectivity index (χ1) is 17.8. The quantitative estimate of drug-likeness (QED) is 0.421. The lowest BCUT2D eigenvalue weighted by molar-refractivity contribution is -0.135. The topological polar surface area (TPSA) is 117 Å². The van der Waals surface area contributed by atoms with E-state index in [-0.39, 0.29) is 32.6 Å². The van der Waals surface area contributed by atoms with Crippen molar-refractivity contribution in [3.63, 3.8) is 0 Å². The summed E-state index contributed by atoms with van der Waals surface area (Å²) in [6.07, 6.45) is 2.73. The minimum absolute atomic E-state index is 0.0167. The van der Waals surface area contributed by atoms with Crippen LogP contribution in [-0.2, 0) is 14.3 Å². The van der Waals surface area contributed by atoms with Gasteiger partial charge in [0.15, 0.2) is 5.17 Å². The molecule has 9 nitrogen and oxygen atoms in total. The summed E-state index contributed by atoms with van der Waals surface area (Å²) < 4.78 is 4.63. The first-order valence-electron chi connectivity index (χ1n) is 11.3. The molecule has 2 aliphatic heterocycles. The van der Waals surface area contributed by atoms with Crippen LogP contribution in [0.2, 0.25) is 10.0 Å². The second-order valence-corrected chi connectivity index (χ2v) is 10.00. The molecule has 0 aliphatic carbocycles. The van der Waals surface area contributed by atoms with Crippen LogP contribution in [0.15, 0.2) is 58.4 Å². The molecule has 0 unspecified atom stereocenters. The summed E-state index contributed by atoms with van der Waals surface area (Å²) in [6.45, 7) is 1.70. The number of ether oxygens (including phenoxy) is 1. The van der Waals surface area contributed by atoms with E-state index in [1.165, 1.54) is 30.2 Å². The van der Waals surface area contributed by atoms with E-state index in [1.54, 1.807) is 24.3 Å². The Bertz CT molecular complexity index is 1310. The van der Waals surface area contributed by atoms with Crippen molar-refractivity contribution < 1.29 is 23.9 Å². The number of benzene rings is 2. The number of amidine groups is 1. The summed E-state index contributed by atoms with van der Waals surface area (Å²) in [5.41, 5.74) is 0.884. The number of thioether (sulfide) groups is 1. The predicted octanol–water partition coefficient (Wildman–Crippen LogP) is 3.81. The monoisotopic (exact) mass is 560 g/mol. The van der Waals surface area contributed by atoms with E-state index in [2.05, 4.69) is 20.4 Å². The molecular weight excluding hydrogens is 539 g/mol. The Morgan fingerprint density at radius 2 is 1.84 bits per heavy atom. The number of methoxy groups -OCH3 is 1. The van der Waals surface area contributed by atoms with Crippen LogP contribution >= 0.6 is 35.0 Å². The van der Waals surface area contributed by atoms with Gasteiger partial charge in [0.05, 0.1) is 28.3 Å². The maximum atomic E-state index is 13.2. The predicted molar refractivity (Wildman–Crippen MR) is 143 cm³/mol. The van der Waals surface area contributed by atoms with Crippen LogP contribution in [0.3, 0.4) is 0 Å². The van der Waals surface area contributed by atoms with Crippen molar-refractivity contribution in [2.24, 2.45) is 4.99 Å². The molecule has 2 heterocycles. The van der Waals surface area contributed by atoms with Gasteiger partial charge < -0.3 is 15.4 Å². The van der Waals surface area contributed by atoms with Gasteiger partial charge in [0, 0.05) is 22.7 Å². The lowest BCUT2D eigenvalue weighted by Gasteiger charge is -2.23. The third kappa shape index (κ3) is 6.40. The van der Waals surface area contributed by atoms with Crippen molar-refractivity contribution in [1.82, 2.24) is 10.6 Å². The van der Waals surface area contributed by atoms with Crippen LogP contribution in [0.1, 0.15) is 33.6 Å². The van der Waals surface area contributed by atoms with Gasteiger partial charge in [-0.15, -0.1) is 0 Å². The SMILES string of the molecule is COC(=O)C=C1SC(=NC(=O)c2ccc(Cl)cc2Cl)N(c2ccc(C(=O)NC3CCNCC3)cc2)C1=O. The van der Waals surface area contributed by atoms with Crippen molar-refractivity contribution in [1.29, 1.82) is 0 Å². The normalized spacial score (nSPS) is 18.4. The molecule has 2 N–H and O–H groups in total. The number of rotatable bonds is 5. The van der Waals surface area contributed by atoms with Gasteiger partial charge in [-0.2, -0.15) is 4.99 Å². The summed E-state index contributed by atoms with van der Waals surface area (Å²) in [5.74, 6) is -2.21. The number of carbonyl (C=O) groups excluding carboxylic acids is 4. The molecule has 2 saturated heterocycles. The fourth-order valence-electron chi connectivity index (χ4n) is 3.75. The standard InChI is InChI=1S/C25H22Cl2N4O5S/c1-36-21(32)13-20-24(35)31(25(37-20)30-23(34)18-7-4-15(26)12-19(18)27)17-5-2-14(3-6-17)22(33)29-16-8-10-28-11-9-16/h2-7,12-13,16,28H,8-11H2,1H3,(H,29,33). The highest BCUT2D eigenvalue weighted by molar-refractivity contribution is 8.19. The number of halogens is 2. The maximum absolute atomic E-state index is 13.2. The molecule has 3 amide bonds. The lowest BCUT2D eigenvalue weighted by Crippen LogP contribution is -2.42. The Labute approximate surface area is 227 Å². The molecule has 0 spiro atoms. The maximum Gasteiger partial charge on any atom is 0.331 e. The number of amides is 3. The Balaban J connectivity index is 1.62. The highest BCUT2D eigenvalue weighted by Gasteiger charge is 2.36. The number of aliphatic imine (C=N–C) groups is 1. The molecule has 2 aromatic rings. The largest absolute Gasteiger partial charge is 0.466 e. The first kappa shape index (κ1) is 26.9. The molecule has 4 rings (SSSR count). The summed E-state index contributed by atoms with van der Waals surface area (Å²) in [6, 6.07) is 10.8. The van der Waals surface area contributed by atoms with E-state index in [4.69, 9.17) is 23.2 Å². The number of nitrogens with zero attached hydrogens (tertiary/aromatic N) is 2. The molecule has 0 atom stereocenters. The molecule has 2 aliphatic rings. The number of hydrogen-bond donors (Lipinski definition) is 2. The zero-order valence-corrected chi connectivity index (χ0v) is 22.0. The van der Waals surface area contributed by atoms with E-state index in [0.717, 1.165) is 43.8 Å². The van der Waals surface area contributed by atoms with Crippen LogP contribution in [0.5, 0.6) is 0 Å². The van der Waals surface area contributed by atoms with Gasteiger partial charge in [0.2, 0.25) is 0 Å². The van der Waals surface area contributed by atoms with E-state index in [0.29, 0.717) is 16.3 Å². The second-order valence-electron chi connectivity index (χ2n) is 8.14. The van der Waals surface area contributed by atoms with Crippen LogP contribution < -0.4 is 15.5 Å². The van der Waals surface area contributed by atoms with Crippen molar-refractivity contribution in [2.45, 2.75) is 18.9 Å². The number of anilines is 1. The minimum atomic E-state index is -0.728. The fraction of sp³-hybridized carbons (Fsp3) is 0.240. The van der Waals surface area contributed by atoms with Crippen LogP contribution in [-0.4, -0.2) is 55.1 Å². The average Bonchev–Trinajstić information content (AvgIpc) is 3.18. The molecule has 192 valence electrons. The summed E-state index contributed by atoms with van der Waals surface area (Å²) in [5, 5.41) is 6.75. The summed E-state index contributed by atoms with van der Waals surface area (Å²) >= 11 is 12.9. The number of carbonyl (C=O) groups is 4. The van der Waals surface area contributed by atoms with Crippen molar-refractivity contribution in [3.8, 4) is 0 Å². The van der Waals surface area contributed by atoms with Crippen molar-refractivity contribution in [3.05, 3.63) is 74.6 Å². The zero-order chi connectivity index (χ0) is 26.5. The molecule has 2 aromatic carbocycles. The van der Waals surface area contributed by atoms with Crippen LogP contribution in [0.25, 0.3) is 0 Å². The van der Waals surface area contributed by atoms with Gasteiger partial charge in [-0.05, 0) is 80.2 Å². The minimum Gasteiger partial charge on any atom is -0.466 e. The molecule has 0 aromatic heterocycles. The Morgan fingerprint density at radius 3 is 2.49 bits per heavy atom. The Morgan fingerprint density at radius 1 is 1.14 bits per heavy atom. The highest BCUT2D eigenvalue weighted by Crippen LogP contribution is 2.35. The number of esters is 1. The number of hydrogen-bond acceptors (Lipinski definition) is 7. The van der Waals surface area contributed by atoms with E-state index in [9.17, 15) is 19.2 Å². The lowest BCUT2D eigenvalue weighted by atomic mass is 10.1. The first-order valence-corrected chi connectivity index (χ1v) is 12.9. The summed E-state index contributed by atoms with van der Waals surface area (Å²) in [7, 11) is 1.19. The second kappa shape index (κ2) is 11.9.